The normalized spacial score (nSPS) is 15.5. The smallest absolute Gasteiger partial charge is 0.238 e. The fourth-order valence-corrected chi connectivity index (χ4v) is 0.982. The predicted molar refractivity (Wildman–Crippen MR) is 54.4 cm³/mol. The molecule has 2 atom stereocenters. The fraction of sp³-hybridized carbons (Fsp3) is 0.889. The Kier molecular flexibility index (Phi) is 5.66. The molecule has 13 heavy (non-hydrogen) atoms. The topological polar surface area (TPSA) is 53.2 Å². The Morgan fingerprint density at radius 1 is 1.08 bits per heavy atom. The van der Waals surface area contributed by atoms with Crippen LogP contribution < -0.4 is 16.0 Å². The van der Waals surface area contributed by atoms with Gasteiger partial charge in [0.05, 0.1) is 12.2 Å². The zero-order valence-electron chi connectivity index (χ0n) is 9.14. The van der Waals surface area contributed by atoms with Crippen molar-refractivity contribution in [2.24, 2.45) is 5.92 Å². The van der Waals surface area contributed by atoms with Crippen molar-refractivity contribution in [2.75, 3.05) is 14.1 Å². The van der Waals surface area contributed by atoms with Gasteiger partial charge in [-0.1, -0.05) is 13.8 Å². The number of hydrogen-bond donors (Lipinski definition) is 3. The molecule has 0 aliphatic rings. The monoisotopic (exact) mass is 187 g/mol. The molecule has 2 unspecified atom stereocenters. The van der Waals surface area contributed by atoms with E-state index in [4.69, 9.17) is 0 Å². The molecule has 0 aromatic heterocycles. The van der Waals surface area contributed by atoms with Gasteiger partial charge in [0.2, 0.25) is 5.91 Å². The minimum Gasteiger partial charge on any atom is -0.339 e. The highest BCUT2D eigenvalue weighted by Gasteiger charge is 2.16. The van der Waals surface area contributed by atoms with Gasteiger partial charge in [0.1, 0.15) is 0 Å². The lowest BCUT2D eigenvalue weighted by Crippen LogP contribution is -2.52. The first-order valence-corrected chi connectivity index (χ1v) is 4.67. The summed E-state index contributed by atoms with van der Waals surface area (Å²) in [6.07, 6.45) is 0.0447. The molecule has 0 saturated heterocycles. The standard InChI is InChI=1S/C9H21N3O/c1-6(2)8(11-5)12-9(13)7(3)10-4/h6-8,10-11H,1-5H3,(H,12,13). The van der Waals surface area contributed by atoms with Gasteiger partial charge in [-0.05, 0) is 26.9 Å². The maximum absolute atomic E-state index is 11.4. The number of amides is 1. The van der Waals surface area contributed by atoms with Crippen molar-refractivity contribution >= 4 is 5.91 Å². The van der Waals surface area contributed by atoms with E-state index in [0.29, 0.717) is 5.92 Å². The van der Waals surface area contributed by atoms with Gasteiger partial charge in [-0.3, -0.25) is 4.79 Å². The van der Waals surface area contributed by atoms with Crippen LogP contribution in [0.25, 0.3) is 0 Å². The van der Waals surface area contributed by atoms with Crippen LogP contribution in [0.4, 0.5) is 0 Å². The van der Waals surface area contributed by atoms with Gasteiger partial charge in [-0.25, -0.2) is 0 Å². The Hall–Kier alpha value is -0.610. The van der Waals surface area contributed by atoms with E-state index in [9.17, 15) is 4.79 Å². The van der Waals surface area contributed by atoms with E-state index >= 15 is 0 Å². The van der Waals surface area contributed by atoms with E-state index in [1.807, 2.05) is 14.0 Å². The lowest BCUT2D eigenvalue weighted by Gasteiger charge is -2.23. The molecule has 0 fully saturated rings. The van der Waals surface area contributed by atoms with Gasteiger partial charge in [0, 0.05) is 0 Å². The fourth-order valence-electron chi connectivity index (χ4n) is 0.982. The number of carbonyl (C=O) groups is 1. The van der Waals surface area contributed by atoms with Crippen LogP contribution in [-0.4, -0.2) is 32.2 Å². The molecule has 0 radical (unpaired) electrons. The first-order chi connectivity index (χ1) is 6.02. The van der Waals surface area contributed by atoms with Crippen LogP contribution in [0.15, 0.2) is 0 Å². The van der Waals surface area contributed by atoms with Crippen molar-refractivity contribution in [1.82, 2.24) is 16.0 Å². The van der Waals surface area contributed by atoms with Crippen molar-refractivity contribution in [3.63, 3.8) is 0 Å². The van der Waals surface area contributed by atoms with Gasteiger partial charge >= 0.3 is 0 Å². The summed E-state index contributed by atoms with van der Waals surface area (Å²) >= 11 is 0. The number of nitrogens with one attached hydrogen (secondary N) is 3. The minimum atomic E-state index is -0.144. The van der Waals surface area contributed by atoms with Crippen LogP contribution in [-0.2, 0) is 4.79 Å². The first kappa shape index (κ1) is 12.4. The molecular weight excluding hydrogens is 166 g/mol. The quantitative estimate of drug-likeness (QED) is 0.527. The van der Waals surface area contributed by atoms with Crippen molar-refractivity contribution in [1.29, 1.82) is 0 Å². The van der Waals surface area contributed by atoms with Gasteiger partial charge in [-0.2, -0.15) is 0 Å². The molecule has 0 rings (SSSR count). The summed E-state index contributed by atoms with van der Waals surface area (Å²) in [7, 11) is 3.61. The SMILES string of the molecule is CNC(C)C(=O)NC(NC)C(C)C. The zero-order valence-corrected chi connectivity index (χ0v) is 9.14. The summed E-state index contributed by atoms with van der Waals surface area (Å²) in [5, 5.41) is 8.85. The third-order valence-corrected chi connectivity index (χ3v) is 2.10. The van der Waals surface area contributed by atoms with Gasteiger partial charge in [-0.15, -0.1) is 0 Å². The van der Waals surface area contributed by atoms with E-state index < -0.39 is 0 Å². The van der Waals surface area contributed by atoms with Gasteiger partial charge < -0.3 is 16.0 Å². The molecule has 0 aliphatic carbocycles. The van der Waals surface area contributed by atoms with Gasteiger partial charge in [0.15, 0.2) is 0 Å². The third-order valence-electron chi connectivity index (χ3n) is 2.10. The largest absolute Gasteiger partial charge is 0.339 e. The minimum absolute atomic E-state index is 0.0237. The molecule has 0 heterocycles. The lowest BCUT2D eigenvalue weighted by atomic mass is 10.1. The van der Waals surface area contributed by atoms with Crippen LogP contribution in [0.1, 0.15) is 20.8 Å². The van der Waals surface area contributed by atoms with E-state index in [-0.39, 0.29) is 18.1 Å². The molecule has 1 amide bonds. The Morgan fingerprint density at radius 3 is 1.92 bits per heavy atom. The molecule has 0 spiro atoms. The molecule has 4 heteroatoms. The lowest BCUT2D eigenvalue weighted by molar-refractivity contribution is -0.123. The Bertz CT molecular complexity index is 159. The van der Waals surface area contributed by atoms with Crippen molar-refractivity contribution in [3.05, 3.63) is 0 Å². The van der Waals surface area contributed by atoms with Gasteiger partial charge in [0.25, 0.3) is 0 Å². The molecular formula is C9H21N3O. The van der Waals surface area contributed by atoms with Crippen LogP contribution >= 0.6 is 0 Å². The third kappa shape index (κ3) is 4.24. The van der Waals surface area contributed by atoms with E-state index in [0.717, 1.165) is 0 Å². The number of rotatable bonds is 5. The van der Waals surface area contributed by atoms with E-state index in [1.54, 1.807) is 7.05 Å². The molecule has 78 valence electrons. The summed E-state index contributed by atoms with van der Waals surface area (Å²) < 4.78 is 0. The highest BCUT2D eigenvalue weighted by atomic mass is 16.2. The molecule has 3 N–H and O–H groups in total. The summed E-state index contributed by atoms with van der Waals surface area (Å²) in [5.74, 6) is 0.411. The van der Waals surface area contributed by atoms with Crippen LogP contribution in [0, 0.1) is 5.92 Å². The van der Waals surface area contributed by atoms with E-state index in [2.05, 4.69) is 29.8 Å². The first-order valence-electron chi connectivity index (χ1n) is 4.67. The molecule has 0 saturated carbocycles. The second-order valence-corrected chi connectivity index (χ2v) is 3.53. The number of carbonyl (C=O) groups excluding carboxylic acids is 1. The maximum Gasteiger partial charge on any atom is 0.238 e. The van der Waals surface area contributed by atoms with Crippen LogP contribution in [0.2, 0.25) is 0 Å². The Balaban J connectivity index is 4.01. The molecule has 4 nitrogen and oxygen atoms in total. The molecule has 0 bridgehead atoms. The molecule has 0 aliphatic heterocycles. The predicted octanol–water partition coefficient (Wildman–Crippen LogP) is -0.0880. The van der Waals surface area contributed by atoms with Crippen LogP contribution in [0.5, 0.6) is 0 Å². The highest BCUT2D eigenvalue weighted by Crippen LogP contribution is 1.97. The number of hydrogen-bond acceptors (Lipinski definition) is 3. The average Bonchev–Trinajstić information content (AvgIpc) is 2.11. The number of likely N-dealkylation sites (N-methyl/N-ethyl adjacent to an activating group) is 1. The summed E-state index contributed by atoms with van der Waals surface area (Å²) in [5.41, 5.74) is 0. The summed E-state index contributed by atoms with van der Waals surface area (Å²) in [6.45, 7) is 5.96. The molecule has 0 aromatic carbocycles. The van der Waals surface area contributed by atoms with E-state index in [1.165, 1.54) is 0 Å². The highest BCUT2D eigenvalue weighted by molar-refractivity contribution is 5.81. The van der Waals surface area contributed by atoms with Crippen molar-refractivity contribution < 1.29 is 4.79 Å². The molecule has 0 aromatic rings. The zero-order chi connectivity index (χ0) is 10.4. The average molecular weight is 187 g/mol. The van der Waals surface area contributed by atoms with Crippen molar-refractivity contribution in [2.45, 2.75) is 33.0 Å². The van der Waals surface area contributed by atoms with Crippen LogP contribution in [0.3, 0.4) is 0 Å². The maximum atomic E-state index is 11.4. The summed E-state index contributed by atoms with van der Waals surface area (Å²) in [6, 6.07) is -0.144. The Morgan fingerprint density at radius 2 is 1.62 bits per heavy atom. The Labute approximate surface area is 80.5 Å². The summed E-state index contributed by atoms with van der Waals surface area (Å²) in [4.78, 5) is 11.4. The second-order valence-electron chi connectivity index (χ2n) is 3.53. The van der Waals surface area contributed by atoms with Crippen molar-refractivity contribution in [3.8, 4) is 0 Å². The second kappa shape index (κ2) is 5.94.